The molecule has 2 aromatic rings. The molecule has 2 aliphatic rings. The fourth-order valence-electron chi connectivity index (χ4n) is 3.49. The normalized spacial score (nSPS) is 27.7. The molecule has 2 aliphatic carbocycles. The molecule has 1 fully saturated rings. The maximum Gasteiger partial charge on any atom is 0.220 e. The van der Waals surface area contributed by atoms with E-state index in [1.807, 2.05) is 0 Å². The molecule has 1 aromatic carbocycles. The number of aryl methyl sites for hydroxylation is 2. The molecule has 3 nitrogen and oxygen atoms in total. The summed E-state index contributed by atoms with van der Waals surface area (Å²) in [5.74, 6) is 3.73. The Kier molecular flexibility index (Phi) is 2.62. The summed E-state index contributed by atoms with van der Waals surface area (Å²) in [6.07, 6.45) is 3.07. The molecular formula is C15H15ClN2O. The highest BCUT2D eigenvalue weighted by Gasteiger charge is 2.56. The number of rotatable bonds is 3. The van der Waals surface area contributed by atoms with Gasteiger partial charge in [0.1, 0.15) is 0 Å². The third-order valence-corrected chi connectivity index (χ3v) is 4.59. The number of hydrogen-bond acceptors (Lipinski definition) is 3. The van der Waals surface area contributed by atoms with E-state index in [0.717, 1.165) is 5.89 Å². The Labute approximate surface area is 117 Å². The maximum absolute atomic E-state index is 5.75. The molecule has 0 spiro atoms. The number of nitrogens with zero attached hydrogens (tertiary/aromatic N) is 2. The minimum Gasteiger partial charge on any atom is -0.425 e. The molecule has 0 bridgehead atoms. The van der Waals surface area contributed by atoms with Crippen LogP contribution in [0.15, 0.2) is 28.7 Å². The number of hydrogen-bond donors (Lipinski definition) is 0. The number of alkyl halides is 1. The first-order chi connectivity index (χ1) is 9.38. The van der Waals surface area contributed by atoms with Gasteiger partial charge in [-0.15, -0.1) is 21.8 Å². The Hall–Kier alpha value is -1.35. The predicted octanol–water partition coefficient (Wildman–Crippen LogP) is 3.29. The number of benzene rings is 1. The van der Waals surface area contributed by atoms with E-state index in [1.165, 1.54) is 24.0 Å². The van der Waals surface area contributed by atoms with Crippen molar-refractivity contribution in [2.75, 3.05) is 5.88 Å². The Morgan fingerprint density at radius 1 is 1.21 bits per heavy atom. The van der Waals surface area contributed by atoms with Crippen molar-refractivity contribution in [3.05, 3.63) is 47.2 Å². The van der Waals surface area contributed by atoms with Crippen LogP contribution in [0.3, 0.4) is 0 Å². The second kappa shape index (κ2) is 4.34. The van der Waals surface area contributed by atoms with E-state index in [0.29, 0.717) is 35.9 Å². The van der Waals surface area contributed by atoms with E-state index < -0.39 is 0 Å². The predicted molar refractivity (Wildman–Crippen MR) is 72.5 cm³/mol. The lowest BCUT2D eigenvalue weighted by Gasteiger charge is -2.13. The summed E-state index contributed by atoms with van der Waals surface area (Å²) in [6, 6.07) is 8.75. The topological polar surface area (TPSA) is 38.9 Å². The molecule has 0 radical (unpaired) electrons. The van der Waals surface area contributed by atoms with Crippen molar-refractivity contribution in [1.29, 1.82) is 0 Å². The van der Waals surface area contributed by atoms with Gasteiger partial charge in [-0.3, -0.25) is 0 Å². The van der Waals surface area contributed by atoms with Crippen LogP contribution in [-0.4, -0.2) is 16.1 Å². The van der Waals surface area contributed by atoms with Gasteiger partial charge in [0, 0.05) is 18.2 Å². The number of halogens is 1. The van der Waals surface area contributed by atoms with Crippen LogP contribution >= 0.6 is 11.6 Å². The van der Waals surface area contributed by atoms with Gasteiger partial charge < -0.3 is 4.42 Å². The Bertz CT molecular complexity index is 610. The summed E-state index contributed by atoms with van der Waals surface area (Å²) in [4.78, 5) is 0. The smallest absolute Gasteiger partial charge is 0.220 e. The summed E-state index contributed by atoms with van der Waals surface area (Å²) in [6.45, 7) is 0. The Morgan fingerprint density at radius 3 is 3.00 bits per heavy atom. The molecule has 3 unspecified atom stereocenters. The molecule has 0 amide bonds. The Morgan fingerprint density at radius 2 is 2.11 bits per heavy atom. The van der Waals surface area contributed by atoms with Gasteiger partial charge in [0.2, 0.25) is 11.8 Å². The number of fused-ring (bicyclic) bond motifs is 3. The minimum absolute atomic E-state index is 0.431. The lowest BCUT2D eigenvalue weighted by molar-refractivity contribution is 0.447. The maximum atomic E-state index is 5.75. The fourth-order valence-corrected chi connectivity index (χ4v) is 3.65. The zero-order valence-electron chi connectivity index (χ0n) is 10.6. The van der Waals surface area contributed by atoms with Crippen LogP contribution in [0, 0.1) is 5.92 Å². The van der Waals surface area contributed by atoms with Crippen molar-refractivity contribution in [3.63, 3.8) is 0 Å². The zero-order valence-corrected chi connectivity index (χ0v) is 11.3. The van der Waals surface area contributed by atoms with E-state index in [4.69, 9.17) is 16.0 Å². The van der Waals surface area contributed by atoms with Crippen molar-refractivity contribution in [2.24, 2.45) is 5.92 Å². The van der Waals surface area contributed by atoms with Crippen LogP contribution in [0.4, 0.5) is 0 Å². The Balaban J connectivity index is 1.62. The third kappa shape index (κ3) is 1.79. The summed E-state index contributed by atoms with van der Waals surface area (Å²) in [5.41, 5.74) is 2.98. The zero-order chi connectivity index (χ0) is 12.8. The fraction of sp³-hybridized carbons (Fsp3) is 0.467. The second-order valence-electron chi connectivity index (χ2n) is 5.43. The van der Waals surface area contributed by atoms with E-state index in [9.17, 15) is 0 Å². The quantitative estimate of drug-likeness (QED) is 0.806. The highest BCUT2D eigenvalue weighted by Crippen LogP contribution is 2.64. The van der Waals surface area contributed by atoms with Crippen molar-refractivity contribution >= 4 is 11.6 Å². The summed E-state index contributed by atoms with van der Waals surface area (Å²) < 4.78 is 5.75. The molecular weight excluding hydrogens is 260 g/mol. The van der Waals surface area contributed by atoms with Gasteiger partial charge in [0.15, 0.2) is 0 Å². The van der Waals surface area contributed by atoms with Gasteiger partial charge in [-0.2, -0.15) is 0 Å². The molecule has 0 aliphatic heterocycles. The minimum atomic E-state index is 0.431. The largest absolute Gasteiger partial charge is 0.425 e. The average Bonchev–Trinajstić information content (AvgIpc) is 3.02. The van der Waals surface area contributed by atoms with Crippen molar-refractivity contribution < 1.29 is 4.42 Å². The molecule has 4 heteroatoms. The molecule has 0 saturated heterocycles. The lowest BCUT2D eigenvalue weighted by Crippen LogP contribution is -2.00. The second-order valence-corrected chi connectivity index (χ2v) is 5.80. The number of aromatic nitrogens is 2. The summed E-state index contributed by atoms with van der Waals surface area (Å²) in [5, 5.41) is 8.30. The van der Waals surface area contributed by atoms with Gasteiger partial charge >= 0.3 is 0 Å². The molecule has 1 saturated carbocycles. The highest BCUT2D eigenvalue weighted by molar-refractivity contribution is 6.17. The monoisotopic (exact) mass is 274 g/mol. The summed E-state index contributed by atoms with van der Waals surface area (Å²) in [7, 11) is 0. The van der Waals surface area contributed by atoms with Gasteiger partial charge in [0.25, 0.3) is 0 Å². The van der Waals surface area contributed by atoms with Crippen molar-refractivity contribution in [2.45, 2.75) is 31.1 Å². The van der Waals surface area contributed by atoms with E-state index in [1.54, 1.807) is 0 Å². The SMILES string of the molecule is ClCCc1nnc(C2C3CCc4ccccc4C32)o1. The van der Waals surface area contributed by atoms with Crippen LogP contribution in [-0.2, 0) is 12.8 Å². The molecule has 1 aromatic heterocycles. The summed E-state index contributed by atoms with van der Waals surface area (Å²) >= 11 is 5.70. The first kappa shape index (κ1) is 11.5. The molecule has 3 atom stereocenters. The van der Waals surface area contributed by atoms with Crippen LogP contribution in [0.1, 0.15) is 41.2 Å². The molecule has 0 N–H and O–H groups in total. The van der Waals surface area contributed by atoms with Crippen LogP contribution in [0.25, 0.3) is 0 Å². The first-order valence-corrected chi connectivity index (χ1v) is 7.38. The third-order valence-electron chi connectivity index (χ3n) is 4.41. The van der Waals surface area contributed by atoms with Crippen LogP contribution in [0.2, 0.25) is 0 Å². The van der Waals surface area contributed by atoms with Gasteiger partial charge in [-0.1, -0.05) is 24.3 Å². The van der Waals surface area contributed by atoms with Gasteiger partial charge in [-0.25, -0.2) is 0 Å². The first-order valence-electron chi connectivity index (χ1n) is 6.84. The van der Waals surface area contributed by atoms with Gasteiger partial charge in [-0.05, 0) is 35.8 Å². The molecule has 1 heterocycles. The average molecular weight is 275 g/mol. The molecule has 19 heavy (non-hydrogen) atoms. The van der Waals surface area contributed by atoms with Crippen LogP contribution in [0.5, 0.6) is 0 Å². The lowest BCUT2D eigenvalue weighted by atomic mass is 9.92. The molecule has 98 valence electrons. The van der Waals surface area contributed by atoms with E-state index in [-0.39, 0.29) is 0 Å². The van der Waals surface area contributed by atoms with Crippen molar-refractivity contribution in [1.82, 2.24) is 10.2 Å². The van der Waals surface area contributed by atoms with E-state index >= 15 is 0 Å². The molecule has 4 rings (SSSR count). The van der Waals surface area contributed by atoms with Gasteiger partial charge in [0.05, 0.1) is 0 Å². The standard InChI is InChI=1S/C15H15ClN2O/c16-8-7-12-17-18-15(19-12)14-11-6-5-9-3-1-2-4-10(9)13(11)14/h1-4,11,13-14H,5-8H2. The van der Waals surface area contributed by atoms with E-state index in [2.05, 4.69) is 34.5 Å². The highest BCUT2D eigenvalue weighted by atomic mass is 35.5. The van der Waals surface area contributed by atoms with Crippen LogP contribution < -0.4 is 0 Å². The van der Waals surface area contributed by atoms with Crippen molar-refractivity contribution in [3.8, 4) is 0 Å².